The number of pyridine rings is 1. The van der Waals surface area contributed by atoms with Crippen LogP contribution in [0.1, 0.15) is 19.8 Å². The Kier molecular flexibility index (Phi) is 7.86. The molecule has 0 aliphatic heterocycles. The van der Waals surface area contributed by atoms with Crippen LogP contribution in [-0.2, 0) is 10.0 Å². The molecule has 20 heavy (non-hydrogen) atoms. The van der Waals surface area contributed by atoms with Gasteiger partial charge in [-0.25, -0.2) is 18.1 Å². The van der Waals surface area contributed by atoms with Gasteiger partial charge in [-0.05, 0) is 53.8 Å². The van der Waals surface area contributed by atoms with Crippen molar-refractivity contribution in [3.63, 3.8) is 0 Å². The van der Waals surface area contributed by atoms with E-state index in [-0.39, 0.29) is 4.90 Å². The first-order chi connectivity index (χ1) is 9.51. The zero-order valence-corrected chi connectivity index (χ0v) is 14.9. The van der Waals surface area contributed by atoms with Gasteiger partial charge in [0.25, 0.3) is 0 Å². The predicted molar refractivity (Wildman–Crippen MR) is 88.9 cm³/mol. The summed E-state index contributed by atoms with van der Waals surface area (Å²) < 4.78 is 27.9. The third kappa shape index (κ3) is 5.59. The van der Waals surface area contributed by atoms with E-state index in [0.717, 1.165) is 18.6 Å². The van der Waals surface area contributed by atoms with Gasteiger partial charge in [-0.15, -0.1) is 0 Å². The molecule has 2 N–H and O–H groups in total. The molecule has 8 heteroatoms. The van der Waals surface area contributed by atoms with Crippen LogP contribution in [0.2, 0.25) is 0 Å². The van der Waals surface area contributed by atoms with Crippen LogP contribution in [0.4, 0.5) is 5.82 Å². The van der Waals surface area contributed by atoms with E-state index >= 15 is 0 Å². The highest BCUT2D eigenvalue weighted by Crippen LogP contribution is 2.22. The summed E-state index contributed by atoms with van der Waals surface area (Å²) in [5.74, 6) is 1.43. The lowest BCUT2D eigenvalue weighted by molar-refractivity contribution is 0.578. The van der Waals surface area contributed by atoms with Crippen LogP contribution in [-0.4, -0.2) is 38.5 Å². The number of unbranched alkanes of at least 4 members (excludes halogenated alkanes) is 1. The number of rotatable bonds is 9. The lowest BCUT2D eigenvalue weighted by Crippen LogP contribution is -2.26. The Morgan fingerprint density at radius 2 is 2.15 bits per heavy atom. The van der Waals surface area contributed by atoms with Gasteiger partial charge in [-0.1, -0.05) is 0 Å². The predicted octanol–water partition coefficient (Wildman–Crippen LogP) is 2.70. The van der Waals surface area contributed by atoms with Gasteiger partial charge in [-0.3, -0.25) is 0 Å². The minimum Gasteiger partial charge on any atom is -0.369 e. The second kappa shape index (κ2) is 8.86. The highest BCUT2D eigenvalue weighted by Gasteiger charge is 2.19. The molecule has 0 bridgehead atoms. The van der Waals surface area contributed by atoms with Gasteiger partial charge < -0.3 is 5.32 Å². The number of thioether (sulfide) groups is 1. The number of sulfonamides is 1. The Morgan fingerprint density at radius 3 is 2.80 bits per heavy atom. The van der Waals surface area contributed by atoms with Gasteiger partial charge in [-0.2, -0.15) is 11.8 Å². The molecule has 0 aliphatic carbocycles. The molecule has 1 heterocycles. The summed E-state index contributed by atoms with van der Waals surface area (Å²) in [6.45, 7) is 2.96. The number of anilines is 1. The van der Waals surface area contributed by atoms with Crippen LogP contribution in [0.3, 0.4) is 0 Å². The Labute approximate surface area is 133 Å². The number of nitrogens with zero attached hydrogens (tertiary/aromatic N) is 1. The molecule has 5 nitrogen and oxygen atoms in total. The van der Waals surface area contributed by atoms with Crippen LogP contribution >= 0.6 is 27.7 Å². The molecule has 1 aromatic heterocycles. The van der Waals surface area contributed by atoms with Crippen LogP contribution < -0.4 is 10.0 Å². The summed E-state index contributed by atoms with van der Waals surface area (Å²) in [6, 6.07) is 1.56. The van der Waals surface area contributed by atoms with E-state index in [0.29, 0.717) is 23.4 Å². The molecule has 1 aromatic rings. The topological polar surface area (TPSA) is 71.1 Å². The van der Waals surface area contributed by atoms with E-state index < -0.39 is 10.0 Å². The van der Waals surface area contributed by atoms with Crippen molar-refractivity contribution in [1.82, 2.24) is 9.71 Å². The van der Waals surface area contributed by atoms with Crippen molar-refractivity contribution in [2.75, 3.05) is 30.4 Å². The van der Waals surface area contributed by atoms with E-state index in [1.54, 1.807) is 24.0 Å². The molecule has 0 saturated carbocycles. The normalized spacial score (nSPS) is 11.6. The van der Waals surface area contributed by atoms with Gasteiger partial charge in [0.2, 0.25) is 10.0 Å². The quantitative estimate of drug-likeness (QED) is 0.643. The monoisotopic (exact) mass is 381 g/mol. The average Bonchev–Trinajstić information content (AvgIpc) is 2.40. The molecular formula is C12H20BrN3O2S2. The molecular weight excluding hydrogens is 362 g/mol. The van der Waals surface area contributed by atoms with E-state index in [4.69, 9.17) is 0 Å². The van der Waals surface area contributed by atoms with Gasteiger partial charge in [0.15, 0.2) is 0 Å². The third-order valence-electron chi connectivity index (χ3n) is 2.52. The molecule has 1 rings (SSSR count). The maximum atomic E-state index is 12.3. The van der Waals surface area contributed by atoms with Gasteiger partial charge >= 0.3 is 0 Å². The van der Waals surface area contributed by atoms with Crippen LogP contribution in [0, 0.1) is 0 Å². The maximum absolute atomic E-state index is 12.3. The van der Waals surface area contributed by atoms with Crippen LogP contribution in [0.5, 0.6) is 0 Å². The molecule has 0 unspecified atom stereocenters. The summed E-state index contributed by atoms with van der Waals surface area (Å²) in [5, 5.41) is 2.97. The third-order valence-corrected chi connectivity index (χ3v) is 5.13. The number of nitrogens with one attached hydrogen (secondary N) is 2. The van der Waals surface area contributed by atoms with Crippen molar-refractivity contribution in [1.29, 1.82) is 0 Å². The Hall–Kier alpha value is -0.310. The molecule has 0 aliphatic rings. The molecule has 0 atom stereocenters. The van der Waals surface area contributed by atoms with E-state index in [2.05, 4.69) is 31.0 Å². The molecule has 0 radical (unpaired) electrons. The summed E-state index contributed by atoms with van der Waals surface area (Å²) in [6.07, 6.45) is 5.45. The van der Waals surface area contributed by atoms with Crippen molar-refractivity contribution in [2.45, 2.75) is 24.7 Å². The summed E-state index contributed by atoms with van der Waals surface area (Å²) >= 11 is 5.02. The first-order valence-electron chi connectivity index (χ1n) is 6.39. The first-order valence-corrected chi connectivity index (χ1v) is 10.1. The lowest BCUT2D eigenvalue weighted by atomic mass is 10.3. The maximum Gasteiger partial charge on any atom is 0.244 e. The highest BCUT2D eigenvalue weighted by atomic mass is 79.9. The summed E-state index contributed by atoms with van der Waals surface area (Å²) in [5.41, 5.74) is 0. The van der Waals surface area contributed by atoms with Crippen molar-refractivity contribution in [3.05, 3.63) is 16.7 Å². The fourth-order valence-electron chi connectivity index (χ4n) is 1.58. The molecule has 0 amide bonds. The van der Waals surface area contributed by atoms with Crippen LogP contribution in [0.15, 0.2) is 21.6 Å². The van der Waals surface area contributed by atoms with Crippen molar-refractivity contribution < 1.29 is 8.42 Å². The highest BCUT2D eigenvalue weighted by molar-refractivity contribution is 9.10. The Morgan fingerprint density at radius 1 is 1.40 bits per heavy atom. The smallest absolute Gasteiger partial charge is 0.244 e. The lowest BCUT2D eigenvalue weighted by Gasteiger charge is -2.11. The summed E-state index contributed by atoms with van der Waals surface area (Å²) in [7, 11) is -3.53. The fourth-order valence-corrected chi connectivity index (χ4v) is 3.79. The number of hydrogen-bond donors (Lipinski definition) is 2. The fraction of sp³-hybridized carbons (Fsp3) is 0.583. The standard InChI is InChI=1S/C12H20BrN3O2S2/c1-3-14-12-11(8-10(13)9-15-12)20(17,18)16-6-4-5-7-19-2/h8-9,16H,3-7H2,1-2H3,(H,14,15). The van der Waals surface area contributed by atoms with Crippen molar-refractivity contribution in [3.8, 4) is 0 Å². The van der Waals surface area contributed by atoms with Crippen molar-refractivity contribution in [2.24, 2.45) is 0 Å². The largest absolute Gasteiger partial charge is 0.369 e. The number of hydrogen-bond acceptors (Lipinski definition) is 5. The van der Waals surface area contributed by atoms with E-state index in [1.807, 2.05) is 13.2 Å². The first kappa shape index (κ1) is 17.7. The Balaban J connectivity index is 2.77. The summed E-state index contributed by atoms with van der Waals surface area (Å²) in [4.78, 5) is 4.29. The van der Waals surface area contributed by atoms with Gasteiger partial charge in [0, 0.05) is 23.8 Å². The van der Waals surface area contributed by atoms with E-state index in [1.165, 1.54) is 0 Å². The number of halogens is 1. The Bertz CT molecular complexity index is 523. The molecule has 114 valence electrons. The minimum absolute atomic E-state index is 0.179. The van der Waals surface area contributed by atoms with Crippen LogP contribution in [0.25, 0.3) is 0 Å². The van der Waals surface area contributed by atoms with Gasteiger partial charge in [0.05, 0.1) is 0 Å². The number of aromatic nitrogens is 1. The van der Waals surface area contributed by atoms with Crippen molar-refractivity contribution >= 4 is 43.5 Å². The molecule has 0 aromatic carbocycles. The molecule has 0 spiro atoms. The molecule has 0 saturated heterocycles. The second-order valence-corrected chi connectivity index (χ2v) is 7.76. The zero-order valence-electron chi connectivity index (χ0n) is 11.6. The average molecular weight is 382 g/mol. The second-order valence-electron chi connectivity index (χ2n) is 4.13. The SMILES string of the molecule is CCNc1ncc(Br)cc1S(=O)(=O)NCCCCSC. The van der Waals surface area contributed by atoms with E-state index in [9.17, 15) is 8.42 Å². The zero-order chi connectivity index (χ0) is 15.0. The minimum atomic E-state index is -3.53. The van der Waals surface area contributed by atoms with Gasteiger partial charge in [0.1, 0.15) is 10.7 Å². The molecule has 0 fully saturated rings.